The average molecular weight is 494 g/mol. The molecule has 4 saturated heterocycles. The number of hydrogen-bond donors (Lipinski definition) is 1. The zero-order valence-corrected chi connectivity index (χ0v) is 22.5. The molecule has 202 valence electrons. The molecule has 4 heterocycles. The van der Waals surface area contributed by atoms with Crippen LogP contribution in [-0.4, -0.2) is 160 Å². The van der Waals surface area contributed by atoms with Crippen molar-refractivity contribution >= 4 is 5.91 Å². The molecule has 0 bridgehead atoms. The summed E-state index contributed by atoms with van der Waals surface area (Å²) in [7, 11) is 1.78. The van der Waals surface area contributed by atoms with Crippen LogP contribution in [0.1, 0.15) is 32.6 Å². The molecule has 4 aliphatic heterocycles. The average Bonchev–Trinajstić information content (AvgIpc) is 2.89. The fourth-order valence-electron chi connectivity index (χ4n) is 6.16. The zero-order valence-electron chi connectivity index (χ0n) is 22.5. The summed E-state index contributed by atoms with van der Waals surface area (Å²) >= 11 is 0. The van der Waals surface area contributed by atoms with Crippen molar-refractivity contribution in [3.63, 3.8) is 0 Å². The predicted molar refractivity (Wildman–Crippen MR) is 140 cm³/mol. The maximum atomic E-state index is 12.5. The van der Waals surface area contributed by atoms with E-state index in [1.165, 1.54) is 38.8 Å². The van der Waals surface area contributed by atoms with Crippen molar-refractivity contribution in [2.24, 2.45) is 5.92 Å². The van der Waals surface area contributed by atoms with E-state index in [2.05, 4.69) is 41.9 Å². The number of piperidine rings is 2. The number of nitrogens with one attached hydrogen (secondary N) is 1. The number of methoxy groups -OCH3 is 1. The largest absolute Gasteiger partial charge is 0.383 e. The first-order chi connectivity index (χ1) is 17.1. The topological polar surface area (TPSA) is 57.8 Å². The first kappa shape index (κ1) is 27.2. The molecule has 0 spiro atoms. The lowest BCUT2D eigenvalue weighted by atomic mass is 9.95. The maximum Gasteiger partial charge on any atom is 0.234 e. The summed E-state index contributed by atoms with van der Waals surface area (Å²) in [4.78, 5) is 22.6. The Hall–Kier alpha value is -0.810. The number of ether oxygens (including phenoxy) is 1. The van der Waals surface area contributed by atoms with Crippen molar-refractivity contribution in [1.29, 1.82) is 0 Å². The first-order valence-electron chi connectivity index (χ1n) is 14.3. The second-order valence-electron chi connectivity index (χ2n) is 11.2. The number of likely N-dealkylation sites (tertiary alicyclic amines) is 2. The Labute approximate surface area is 213 Å². The smallest absolute Gasteiger partial charge is 0.234 e. The van der Waals surface area contributed by atoms with Crippen LogP contribution >= 0.6 is 0 Å². The van der Waals surface area contributed by atoms with Crippen LogP contribution in [0.15, 0.2) is 0 Å². The van der Waals surface area contributed by atoms with E-state index in [-0.39, 0.29) is 5.91 Å². The highest BCUT2D eigenvalue weighted by atomic mass is 16.5. The molecule has 0 radical (unpaired) electrons. The third-order valence-electron chi connectivity index (χ3n) is 8.72. The molecule has 1 amide bonds. The molecule has 4 fully saturated rings. The van der Waals surface area contributed by atoms with Gasteiger partial charge < -0.3 is 15.0 Å². The second-order valence-corrected chi connectivity index (χ2v) is 11.2. The molecule has 0 aromatic rings. The summed E-state index contributed by atoms with van der Waals surface area (Å²) in [5.74, 6) is 1.09. The Bertz CT molecular complexity index is 607. The van der Waals surface area contributed by atoms with E-state index in [1.54, 1.807) is 7.11 Å². The van der Waals surface area contributed by atoms with Crippen molar-refractivity contribution in [2.45, 2.75) is 38.6 Å². The molecule has 1 N–H and O–H groups in total. The van der Waals surface area contributed by atoms with Crippen LogP contribution in [-0.2, 0) is 9.53 Å². The minimum atomic E-state index is 0.195. The zero-order chi connectivity index (χ0) is 24.5. The van der Waals surface area contributed by atoms with Gasteiger partial charge in [-0.15, -0.1) is 0 Å². The summed E-state index contributed by atoms with van der Waals surface area (Å²) < 4.78 is 5.21. The van der Waals surface area contributed by atoms with Gasteiger partial charge in [-0.3, -0.25) is 19.5 Å². The number of rotatable bonds is 10. The summed E-state index contributed by atoms with van der Waals surface area (Å²) in [6.45, 7) is 20.1. The van der Waals surface area contributed by atoms with E-state index in [4.69, 9.17) is 4.74 Å². The highest BCUT2D eigenvalue weighted by Gasteiger charge is 2.28. The van der Waals surface area contributed by atoms with Crippen LogP contribution < -0.4 is 5.32 Å². The quantitative estimate of drug-likeness (QED) is 0.460. The molecule has 0 aliphatic carbocycles. The number of piperazine rings is 2. The molecule has 4 aliphatic rings. The molecule has 4 rings (SSSR count). The van der Waals surface area contributed by atoms with Crippen molar-refractivity contribution < 1.29 is 9.53 Å². The van der Waals surface area contributed by atoms with Gasteiger partial charge in [0.2, 0.25) is 5.91 Å². The van der Waals surface area contributed by atoms with Crippen molar-refractivity contribution in [2.75, 3.05) is 118 Å². The molecular weight excluding hydrogens is 442 g/mol. The van der Waals surface area contributed by atoms with E-state index in [0.29, 0.717) is 6.54 Å². The van der Waals surface area contributed by atoms with Gasteiger partial charge in [0.05, 0.1) is 13.2 Å². The van der Waals surface area contributed by atoms with E-state index < -0.39 is 0 Å². The molecule has 0 aromatic heterocycles. The Morgan fingerprint density at radius 2 is 1.31 bits per heavy atom. The van der Waals surface area contributed by atoms with Crippen LogP contribution in [0.4, 0.5) is 0 Å². The van der Waals surface area contributed by atoms with Crippen LogP contribution in [0.25, 0.3) is 0 Å². The van der Waals surface area contributed by atoms with Gasteiger partial charge in [-0.25, -0.2) is 10.0 Å². The lowest BCUT2D eigenvalue weighted by molar-refractivity contribution is -0.122. The summed E-state index contributed by atoms with van der Waals surface area (Å²) in [6, 6.07) is 0.736. The second kappa shape index (κ2) is 14.2. The van der Waals surface area contributed by atoms with Gasteiger partial charge in [-0.1, -0.05) is 6.92 Å². The summed E-state index contributed by atoms with van der Waals surface area (Å²) in [6.07, 6.45) is 5.14. The third kappa shape index (κ3) is 8.62. The highest BCUT2D eigenvalue weighted by molar-refractivity contribution is 5.78. The predicted octanol–water partition coefficient (Wildman–Crippen LogP) is 0.0955. The number of hydrazine groups is 1. The van der Waals surface area contributed by atoms with Crippen LogP contribution in [0.3, 0.4) is 0 Å². The fourth-order valence-corrected chi connectivity index (χ4v) is 6.16. The van der Waals surface area contributed by atoms with Gasteiger partial charge in [0.1, 0.15) is 0 Å². The van der Waals surface area contributed by atoms with Crippen LogP contribution in [0, 0.1) is 5.92 Å². The molecule has 0 unspecified atom stereocenters. The van der Waals surface area contributed by atoms with Gasteiger partial charge >= 0.3 is 0 Å². The van der Waals surface area contributed by atoms with Gasteiger partial charge in [-0.05, 0) is 44.7 Å². The molecule has 35 heavy (non-hydrogen) atoms. The van der Waals surface area contributed by atoms with Gasteiger partial charge in [0, 0.05) is 98.2 Å². The lowest BCUT2D eigenvalue weighted by Crippen LogP contribution is -2.59. The van der Waals surface area contributed by atoms with E-state index in [9.17, 15) is 4.79 Å². The fraction of sp³-hybridized carbons (Fsp3) is 0.962. The minimum absolute atomic E-state index is 0.195. The summed E-state index contributed by atoms with van der Waals surface area (Å²) in [5.41, 5.74) is 0. The standard InChI is InChI=1S/C26H51N7O2/c1-24-3-10-31(11-4-24)25-5-8-30(9-6-25)23-26(34)27-7-12-28-13-17-32(18-14-28)33-19-15-29(16-20-33)21-22-35-2/h24-25H,3-23H2,1-2H3,(H,27,34). The van der Waals surface area contributed by atoms with Crippen LogP contribution in [0.5, 0.6) is 0 Å². The lowest BCUT2D eigenvalue weighted by Gasteiger charge is -2.44. The SMILES string of the molecule is COCCN1CCN(N2CCN(CCNC(=O)CN3CCC(N4CCC(C)CC4)CC3)CC2)CC1. The number of amides is 1. The normalized spacial score (nSPS) is 26.3. The van der Waals surface area contributed by atoms with E-state index >= 15 is 0 Å². The molecule has 0 aromatic carbocycles. The maximum absolute atomic E-state index is 12.5. The van der Waals surface area contributed by atoms with Gasteiger partial charge in [0.15, 0.2) is 0 Å². The monoisotopic (exact) mass is 493 g/mol. The Morgan fingerprint density at radius 1 is 0.743 bits per heavy atom. The van der Waals surface area contributed by atoms with Gasteiger partial charge in [-0.2, -0.15) is 0 Å². The molecule has 0 saturated carbocycles. The number of carbonyl (C=O) groups excluding carboxylic acids is 1. The molecule has 9 nitrogen and oxygen atoms in total. The molecular formula is C26H51N7O2. The first-order valence-corrected chi connectivity index (χ1v) is 14.3. The van der Waals surface area contributed by atoms with Crippen molar-refractivity contribution in [3.8, 4) is 0 Å². The van der Waals surface area contributed by atoms with E-state index in [1.807, 2.05) is 0 Å². The summed E-state index contributed by atoms with van der Waals surface area (Å²) in [5, 5.41) is 8.26. The molecule has 0 atom stereocenters. The Morgan fingerprint density at radius 3 is 1.89 bits per heavy atom. The number of hydrogen-bond acceptors (Lipinski definition) is 8. The Kier molecular flexibility index (Phi) is 11.1. The van der Waals surface area contributed by atoms with E-state index in [0.717, 1.165) is 104 Å². The highest BCUT2D eigenvalue weighted by Crippen LogP contribution is 2.23. The van der Waals surface area contributed by atoms with Crippen molar-refractivity contribution in [1.82, 2.24) is 34.9 Å². The number of carbonyl (C=O) groups is 1. The minimum Gasteiger partial charge on any atom is -0.383 e. The Balaban J connectivity index is 1.03. The van der Waals surface area contributed by atoms with Gasteiger partial charge in [0.25, 0.3) is 0 Å². The number of nitrogens with zero attached hydrogens (tertiary/aromatic N) is 6. The molecule has 9 heteroatoms. The van der Waals surface area contributed by atoms with Crippen LogP contribution in [0.2, 0.25) is 0 Å². The third-order valence-corrected chi connectivity index (χ3v) is 8.72. The van der Waals surface area contributed by atoms with Crippen molar-refractivity contribution in [3.05, 3.63) is 0 Å².